The molecule has 0 radical (unpaired) electrons. The van der Waals surface area contributed by atoms with Gasteiger partial charge in [0.25, 0.3) is 0 Å². The van der Waals surface area contributed by atoms with Crippen LogP contribution in [-0.2, 0) is 10.8 Å². The number of hydrogen-bond donors (Lipinski definition) is 2. The van der Waals surface area contributed by atoms with Crippen LogP contribution >= 0.6 is 0 Å². The summed E-state index contributed by atoms with van der Waals surface area (Å²) >= 11 is 0. The van der Waals surface area contributed by atoms with E-state index >= 15 is 0 Å². The number of nitrogens with one attached hydrogen (secondary N) is 2. The Labute approximate surface area is 158 Å². The standard InChI is InChI=1S/C24H32N2/c1-23(2)9-10-24(3,4)22-14-18(5-6-21(22)23)20-13-19(15-26-16-20)17-7-11-25-12-8-17/h5-7,13-14,16,25-26H,8-12,15H2,1-4H3. The third-order valence-corrected chi connectivity index (χ3v) is 6.54. The summed E-state index contributed by atoms with van der Waals surface area (Å²) in [6.45, 7) is 12.6. The summed E-state index contributed by atoms with van der Waals surface area (Å²) in [5, 5.41) is 6.92. The van der Waals surface area contributed by atoms with E-state index < -0.39 is 0 Å². The number of fused-ring (bicyclic) bond motifs is 1. The summed E-state index contributed by atoms with van der Waals surface area (Å²) in [7, 11) is 0. The fourth-order valence-corrected chi connectivity index (χ4v) is 4.61. The minimum Gasteiger partial charge on any atom is -0.386 e. The lowest BCUT2D eigenvalue weighted by atomic mass is 9.63. The molecule has 2 heteroatoms. The molecule has 0 bridgehead atoms. The van der Waals surface area contributed by atoms with Gasteiger partial charge >= 0.3 is 0 Å². The van der Waals surface area contributed by atoms with E-state index in [9.17, 15) is 0 Å². The van der Waals surface area contributed by atoms with E-state index in [-0.39, 0.29) is 10.8 Å². The van der Waals surface area contributed by atoms with Gasteiger partial charge in [-0.2, -0.15) is 0 Å². The van der Waals surface area contributed by atoms with Crippen molar-refractivity contribution in [3.8, 4) is 0 Å². The highest BCUT2D eigenvalue weighted by Crippen LogP contribution is 2.46. The second kappa shape index (κ2) is 6.42. The van der Waals surface area contributed by atoms with E-state index in [1.807, 2.05) is 0 Å². The zero-order valence-corrected chi connectivity index (χ0v) is 16.7. The Balaban J connectivity index is 1.72. The summed E-state index contributed by atoms with van der Waals surface area (Å²) < 4.78 is 0. The van der Waals surface area contributed by atoms with E-state index in [0.29, 0.717) is 0 Å². The second-order valence-corrected chi connectivity index (χ2v) is 9.36. The highest BCUT2D eigenvalue weighted by Gasteiger charge is 2.37. The van der Waals surface area contributed by atoms with Crippen LogP contribution in [0.4, 0.5) is 0 Å². The molecule has 0 saturated carbocycles. The first-order valence-corrected chi connectivity index (χ1v) is 10.1. The molecule has 1 aromatic rings. The minimum absolute atomic E-state index is 0.258. The van der Waals surface area contributed by atoms with Crippen molar-refractivity contribution < 1.29 is 0 Å². The summed E-state index contributed by atoms with van der Waals surface area (Å²) in [5.41, 5.74) is 9.21. The summed E-state index contributed by atoms with van der Waals surface area (Å²) in [5.74, 6) is 0. The van der Waals surface area contributed by atoms with Gasteiger partial charge in [0, 0.05) is 19.3 Å². The average molecular weight is 349 g/mol. The molecule has 0 aromatic heterocycles. The maximum Gasteiger partial charge on any atom is 0.0398 e. The quantitative estimate of drug-likeness (QED) is 0.800. The van der Waals surface area contributed by atoms with Crippen LogP contribution in [0.2, 0.25) is 0 Å². The van der Waals surface area contributed by atoms with Gasteiger partial charge in [-0.15, -0.1) is 0 Å². The summed E-state index contributed by atoms with van der Waals surface area (Å²) in [6.07, 6.45) is 10.6. The van der Waals surface area contributed by atoms with Crippen LogP contribution in [0.5, 0.6) is 0 Å². The predicted octanol–water partition coefficient (Wildman–Crippen LogP) is 4.83. The van der Waals surface area contributed by atoms with Gasteiger partial charge in [-0.3, -0.25) is 0 Å². The maximum absolute atomic E-state index is 3.51. The van der Waals surface area contributed by atoms with Gasteiger partial charge in [0.1, 0.15) is 0 Å². The van der Waals surface area contributed by atoms with E-state index in [2.05, 4.69) is 74.9 Å². The van der Waals surface area contributed by atoms with Gasteiger partial charge in [0.15, 0.2) is 0 Å². The molecule has 2 N–H and O–H groups in total. The monoisotopic (exact) mass is 348 g/mol. The zero-order valence-electron chi connectivity index (χ0n) is 16.7. The van der Waals surface area contributed by atoms with Crippen molar-refractivity contribution in [2.75, 3.05) is 19.6 Å². The first-order valence-electron chi connectivity index (χ1n) is 10.1. The van der Waals surface area contributed by atoms with E-state index in [0.717, 1.165) is 26.1 Å². The Morgan fingerprint density at radius 3 is 2.42 bits per heavy atom. The van der Waals surface area contributed by atoms with Gasteiger partial charge < -0.3 is 10.6 Å². The van der Waals surface area contributed by atoms with Crippen LogP contribution in [0.1, 0.15) is 63.6 Å². The lowest BCUT2D eigenvalue weighted by Crippen LogP contribution is -2.33. The van der Waals surface area contributed by atoms with Crippen LogP contribution < -0.4 is 10.6 Å². The second-order valence-electron chi connectivity index (χ2n) is 9.36. The molecule has 138 valence electrons. The van der Waals surface area contributed by atoms with Crippen molar-refractivity contribution in [2.24, 2.45) is 0 Å². The van der Waals surface area contributed by atoms with E-state index in [4.69, 9.17) is 0 Å². The molecule has 2 heterocycles. The van der Waals surface area contributed by atoms with Gasteiger partial charge in [0.05, 0.1) is 0 Å². The van der Waals surface area contributed by atoms with Gasteiger partial charge in [-0.1, -0.05) is 52.0 Å². The Morgan fingerprint density at radius 1 is 0.923 bits per heavy atom. The molecule has 3 aliphatic rings. The van der Waals surface area contributed by atoms with E-state index in [1.165, 1.54) is 46.3 Å². The molecule has 0 saturated heterocycles. The third-order valence-electron chi connectivity index (χ3n) is 6.54. The molecule has 2 aliphatic heterocycles. The molecular weight excluding hydrogens is 316 g/mol. The van der Waals surface area contributed by atoms with Crippen molar-refractivity contribution in [1.82, 2.24) is 10.6 Å². The van der Waals surface area contributed by atoms with Crippen LogP contribution in [0.25, 0.3) is 5.57 Å². The predicted molar refractivity (Wildman–Crippen MR) is 111 cm³/mol. The summed E-state index contributed by atoms with van der Waals surface area (Å²) in [4.78, 5) is 0. The van der Waals surface area contributed by atoms with Gasteiger partial charge in [-0.05, 0) is 76.1 Å². The molecule has 0 atom stereocenters. The van der Waals surface area contributed by atoms with Gasteiger partial charge in [-0.25, -0.2) is 0 Å². The molecule has 1 aliphatic carbocycles. The Kier molecular flexibility index (Phi) is 4.35. The first kappa shape index (κ1) is 17.6. The normalized spacial score (nSPS) is 23.9. The Hall–Kier alpha value is -1.80. The molecule has 0 fully saturated rings. The number of allylic oxidation sites excluding steroid dienone is 2. The number of rotatable bonds is 2. The fraction of sp³-hybridized carbons (Fsp3) is 0.500. The van der Waals surface area contributed by atoms with Crippen molar-refractivity contribution in [2.45, 2.75) is 57.8 Å². The third kappa shape index (κ3) is 3.16. The largest absolute Gasteiger partial charge is 0.386 e. The van der Waals surface area contributed by atoms with Crippen molar-refractivity contribution in [1.29, 1.82) is 0 Å². The van der Waals surface area contributed by atoms with Crippen LogP contribution in [0.3, 0.4) is 0 Å². The number of dihydropyridines is 1. The molecule has 2 nitrogen and oxygen atoms in total. The minimum atomic E-state index is 0.258. The van der Waals surface area contributed by atoms with Crippen LogP contribution in [-0.4, -0.2) is 19.6 Å². The molecule has 26 heavy (non-hydrogen) atoms. The highest BCUT2D eigenvalue weighted by atomic mass is 14.9. The zero-order chi connectivity index (χ0) is 18.4. The lowest BCUT2D eigenvalue weighted by Gasteiger charge is -2.42. The SMILES string of the molecule is CC1(C)CCC(C)(C)c2cc(C3=CNCC(C4=CCNCC4)=C3)ccc21. The molecule has 0 spiro atoms. The molecule has 0 unspecified atom stereocenters. The smallest absolute Gasteiger partial charge is 0.0398 e. The van der Waals surface area contributed by atoms with E-state index in [1.54, 1.807) is 0 Å². The van der Waals surface area contributed by atoms with Gasteiger partial charge in [0.2, 0.25) is 0 Å². The van der Waals surface area contributed by atoms with Crippen LogP contribution in [0, 0.1) is 0 Å². The fourth-order valence-electron chi connectivity index (χ4n) is 4.61. The Morgan fingerprint density at radius 2 is 1.69 bits per heavy atom. The number of benzene rings is 1. The highest BCUT2D eigenvalue weighted by molar-refractivity contribution is 5.77. The van der Waals surface area contributed by atoms with Crippen molar-refractivity contribution >= 4 is 5.57 Å². The molecule has 4 rings (SSSR count). The molecule has 1 aromatic carbocycles. The van der Waals surface area contributed by atoms with Crippen molar-refractivity contribution in [3.63, 3.8) is 0 Å². The average Bonchev–Trinajstić information content (AvgIpc) is 2.66. The van der Waals surface area contributed by atoms with Crippen molar-refractivity contribution in [3.05, 3.63) is 64.4 Å². The first-order chi connectivity index (χ1) is 12.4. The molecule has 0 amide bonds. The maximum atomic E-state index is 3.51. The summed E-state index contributed by atoms with van der Waals surface area (Å²) in [6, 6.07) is 7.17. The Bertz CT molecular complexity index is 805. The lowest BCUT2D eigenvalue weighted by molar-refractivity contribution is 0.332. The topological polar surface area (TPSA) is 24.1 Å². The number of hydrogen-bond acceptors (Lipinski definition) is 2. The molecular formula is C24H32N2. The van der Waals surface area contributed by atoms with Crippen LogP contribution in [0.15, 0.2) is 47.7 Å².